The molecule has 3 rings (SSSR count). The molecule has 2 aliphatic heterocycles. The molecule has 0 amide bonds. The normalized spacial score (nSPS) is 30.7. The second-order valence-corrected chi connectivity index (χ2v) is 5.79. The first-order valence-corrected chi connectivity index (χ1v) is 7.28. The lowest BCUT2D eigenvalue weighted by atomic mass is 9.98. The summed E-state index contributed by atoms with van der Waals surface area (Å²) in [6, 6.07) is 2.16. The summed E-state index contributed by atoms with van der Waals surface area (Å²) in [5, 5.41) is 3.72. The van der Waals surface area contributed by atoms with E-state index in [1.165, 1.54) is 32.1 Å². The van der Waals surface area contributed by atoms with Gasteiger partial charge in [-0.15, -0.1) is 0 Å². The first kappa shape index (κ1) is 12.0. The van der Waals surface area contributed by atoms with Gasteiger partial charge in [-0.1, -0.05) is 6.92 Å². The summed E-state index contributed by atoms with van der Waals surface area (Å²) >= 11 is 0. The van der Waals surface area contributed by atoms with Crippen molar-refractivity contribution in [3.63, 3.8) is 0 Å². The Kier molecular flexibility index (Phi) is 3.29. The molecule has 3 heterocycles. The van der Waals surface area contributed by atoms with Crippen LogP contribution in [0.25, 0.3) is 0 Å². The fraction of sp³-hybridized carbons (Fsp3) is 0.786. The summed E-state index contributed by atoms with van der Waals surface area (Å²) in [7, 11) is 2.10. The van der Waals surface area contributed by atoms with Crippen molar-refractivity contribution in [2.45, 2.75) is 57.2 Å². The Morgan fingerprint density at radius 1 is 1.39 bits per heavy atom. The van der Waals surface area contributed by atoms with Gasteiger partial charge in [0.05, 0.1) is 0 Å². The van der Waals surface area contributed by atoms with Gasteiger partial charge in [0.25, 0.3) is 0 Å². The first-order chi connectivity index (χ1) is 8.78. The summed E-state index contributed by atoms with van der Waals surface area (Å²) in [6.45, 7) is 3.38. The molecule has 1 N–H and O–H groups in total. The highest BCUT2D eigenvalue weighted by atomic mass is 15.3. The molecule has 1 aromatic rings. The smallest absolute Gasteiger partial charge is 0.205 e. The Hall–Kier alpha value is -1.03. The fourth-order valence-electron chi connectivity index (χ4n) is 3.60. The maximum atomic E-state index is 4.55. The van der Waals surface area contributed by atoms with Gasteiger partial charge in [0.2, 0.25) is 5.95 Å². The molecule has 2 unspecified atom stereocenters. The minimum atomic E-state index is 0.671. The third-order valence-electron chi connectivity index (χ3n) is 4.41. The molecular weight excluding hydrogens is 224 g/mol. The van der Waals surface area contributed by atoms with Gasteiger partial charge in [0, 0.05) is 44.1 Å². The van der Waals surface area contributed by atoms with E-state index in [4.69, 9.17) is 0 Å². The van der Waals surface area contributed by atoms with Gasteiger partial charge in [0.15, 0.2) is 0 Å². The summed E-state index contributed by atoms with van der Waals surface area (Å²) in [4.78, 5) is 7.08. The zero-order valence-corrected chi connectivity index (χ0v) is 11.5. The lowest BCUT2D eigenvalue weighted by molar-refractivity contribution is 0.343. The predicted molar refractivity (Wildman–Crippen MR) is 73.8 cm³/mol. The number of imidazole rings is 1. The molecule has 4 nitrogen and oxygen atoms in total. The maximum Gasteiger partial charge on any atom is 0.205 e. The third-order valence-corrected chi connectivity index (χ3v) is 4.41. The molecule has 2 atom stereocenters. The van der Waals surface area contributed by atoms with Gasteiger partial charge in [-0.3, -0.25) is 0 Å². The van der Waals surface area contributed by atoms with E-state index in [0.717, 1.165) is 24.6 Å². The average Bonchev–Trinajstić information content (AvgIpc) is 2.93. The minimum absolute atomic E-state index is 0.671. The molecule has 18 heavy (non-hydrogen) atoms. The standard InChI is InChI=1S/C14H24N4/c1-3-7-18(14-15-6-8-17(14)2)13-9-11-4-5-12(10-13)16-11/h6,8,11-13,16H,3-5,7,9-10H2,1-2H3. The highest BCUT2D eigenvalue weighted by Crippen LogP contribution is 2.31. The Labute approximate surface area is 109 Å². The number of aryl methyl sites for hydroxylation is 1. The van der Waals surface area contributed by atoms with Gasteiger partial charge >= 0.3 is 0 Å². The molecule has 2 saturated heterocycles. The van der Waals surface area contributed by atoms with Crippen LogP contribution in [-0.4, -0.2) is 34.2 Å². The van der Waals surface area contributed by atoms with E-state index in [9.17, 15) is 0 Å². The van der Waals surface area contributed by atoms with Crippen LogP contribution in [-0.2, 0) is 7.05 Å². The number of nitrogens with zero attached hydrogens (tertiary/aromatic N) is 3. The second kappa shape index (κ2) is 4.92. The fourth-order valence-corrected chi connectivity index (χ4v) is 3.60. The van der Waals surface area contributed by atoms with Crippen molar-refractivity contribution in [2.24, 2.45) is 7.05 Å². The first-order valence-electron chi connectivity index (χ1n) is 7.28. The van der Waals surface area contributed by atoms with Crippen LogP contribution in [0.3, 0.4) is 0 Å². The van der Waals surface area contributed by atoms with E-state index in [1.807, 2.05) is 12.4 Å². The molecule has 1 aromatic heterocycles. The topological polar surface area (TPSA) is 33.1 Å². The van der Waals surface area contributed by atoms with E-state index >= 15 is 0 Å². The van der Waals surface area contributed by atoms with Crippen LogP contribution in [0.2, 0.25) is 0 Å². The summed E-state index contributed by atoms with van der Waals surface area (Å²) in [5.74, 6) is 1.14. The van der Waals surface area contributed by atoms with Gasteiger partial charge < -0.3 is 14.8 Å². The van der Waals surface area contributed by atoms with E-state index in [2.05, 4.69) is 33.7 Å². The molecule has 2 aliphatic rings. The highest BCUT2D eigenvalue weighted by molar-refractivity contribution is 5.33. The SMILES string of the molecule is CCCN(c1nccn1C)C1CC2CCC(C1)N2. The van der Waals surface area contributed by atoms with Crippen molar-refractivity contribution < 1.29 is 0 Å². The van der Waals surface area contributed by atoms with Gasteiger partial charge in [-0.05, 0) is 32.1 Å². The van der Waals surface area contributed by atoms with Crippen molar-refractivity contribution in [1.29, 1.82) is 0 Å². The van der Waals surface area contributed by atoms with Crippen LogP contribution in [0, 0.1) is 0 Å². The van der Waals surface area contributed by atoms with Crippen LogP contribution in [0.15, 0.2) is 12.4 Å². The zero-order valence-electron chi connectivity index (χ0n) is 11.5. The number of piperidine rings is 1. The number of fused-ring (bicyclic) bond motifs is 2. The molecule has 4 heteroatoms. The number of anilines is 1. The number of nitrogens with one attached hydrogen (secondary N) is 1. The number of aromatic nitrogens is 2. The number of rotatable bonds is 4. The predicted octanol–water partition coefficient (Wildman–Crippen LogP) is 1.92. The second-order valence-electron chi connectivity index (χ2n) is 5.79. The van der Waals surface area contributed by atoms with Crippen LogP contribution < -0.4 is 10.2 Å². The maximum absolute atomic E-state index is 4.55. The molecule has 0 saturated carbocycles. The molecular formula is C14H24N4. The van der Waals surface area contributed by atoms with Gasteiger partial charge in [0.1, 0.15) is 0 Å². The molecule has 0 aromatic carbocycles. The highest BCUT2D eigenvalue weighted by Gasteiger charge is 2.36. The zero-order chi connectivity index (χ0) is 12.5. The van der Waals surface area contributed by atoms with E-state index in [1.54, 1.807) is 0 Å². The van der Waals surface area contributed by atoms with Crippen LogP contribution in [0.1, 0.15) is 39.0 Å². The number of hydrogen-bond donors (Lipinski definition) is 1. The Bertz CT molecular complexity index is 388. The van der Waals surface area contributed by atoms with E-state index in [0.29, 0.717) is 6.04 Å². The molecule has 0 radical (unpaired) electrons. The van der Waals surface area contributed by atoms with Crippen molar-refractivity contribution >= 4 is 5.95 Å². The quantitative estimate of drug-likeness (QED) is 0.883. The van der Waals surface area contributed by atoms with Crippen molar-refractivity contribution in [2.75, 3.05) is 11.4 Å². The van der Waals surface area contributed by atoms with E-state index in [-0.39, 0.29) is 0 Å². The van der Waals surface area contributed by atoms with Gasteiger partial charge in [-0.25, -0.2) is 4.98 Å². The molecule has 2 fully saturated rings. The third kappa shape index (κ3) is 2.14. The van der Waals surface area contributed by atoms with Crippen LogP contribution >= 0.6 is 0 Å². The molecule has 100 valence electrons. The molecule has 0 spiro atoms. The summed E-state index contributed by atoms with van der Waals surface area (Å²) in [6.07, 6.45) is 10.4. The Morgan fingerprint density at radius 3 is 2.67 bits per heavy atom. The van der Waals surface area contributed by atoms with Crippen LogP contribution in [0.4, 0.5) is 5.95 Å². The van der Waals surface area contributed by atoms with Crippen molar-refractivity contribution in [3.8, 4) is 0 Å². The molecule has 2 bridgehead atoms. The Morgan fingerprint density at radius 2 is 2.11 bits per heavy atom. The number of hydrogen-bond acceptors (Lipinski definition) is 3. The van der Waals surface area contributed by atoms with Crippen LogP contribution in [0.5, 0.6) is 0 Å². The van der Waals surface area contributed by atoms with Crippen molar-refractivity contribution in [1.82, 2.24) is 14.9 Å². The largest absolute Gasteiger partial charge is 0.339 e. The van der Waals surface area contributed by atoms with Gasteiger partial charge in [-0.2, -0.15) is 0 Å². The monoisotopic (exact) mass is 248 g/mol. The lowest BCUT2D eigenvalue weighted by Crippen LogP contribution is -2.49. The lowest BCUT2D eigenvalue weighted by Gasteiger charge is -2.38. The minimum Gasteiger partial charge on any atom is -0.339 e. The van der Waals surface area contributed by atoms with Crippen molar-refractivity contribution in [3.05, 3.63) is 12.4 Å². The molecule has 0 aliphatic carbocycles. The Balaban J connectivity index is 1.79. The average molecular weight is 248 g/mol. The van der Waals surface area contributed by atoms with E-state index < -0.39 is 0 Å². The summed E-state index contributed by atoms with van der Waals surface area (Å²) in [5.41, 5.74) is 0. The summed E-state index contributed by atoms with van der Waals surface area (Å²) < 4.78 is 2.15.